The van der Waals surface area contributed by atoms with E-state index >= 15 is 0 Å². The summed E-state index contributed by atoms with van der Waals surface area (Å²) >= 11 is 2.10. The summed E-state index contributed by atoms with van der Waals surface area (Å²) in [5, 5.41) is 3.59. The Balaban J connectivity index is 2.25. The summed E-state index contributed by atoms with van der Waals surface area (Å²) in [7, 11) is 0. The smallest absolute Gasteiger partial charge is 0.339 e. The average molecular weight is 449 g/mol. The Labute approximate surface area is 161 Å². The first-order valence-corrected chi connectivity index (χ1v) is 8.97. The predicted octanol–water partition coefficient (Wildman–Crippen LogP) is 5.80. The lowest BCUT2D eigenvalue weighted by Crippen LogP contribution is -2.16. The third-order valence-corrected chi connectivity index (χ3v) is 4.74. The summed E-state index contributed by atoms with van der Waals surface area (Å²) in [6, 6.07) is 15.1. The maximum atomic E-state index is 12.5. The molecular formula is C19H20IN3O2. The van der Waals surface area contributed by atoms with Crippen molar-refractivity contribution in [1.82, 2.24) is 0 Å². The van der Waals surface area contributed by atoms with Crippen molar-refractivity contribution in [3.8, 4) is 0 Å². The first kappa shape index (κ1) is 19.3. The summed E-state index contributed by atoms with van der Waals surface area (Å²) in [6.07, 6.45) is -0.617. The van der Waals surface area contributed by atoms with Crippen molar-refractivity contribution < 1.29 is 9.53 Å². The molecule has 0 spiro atoms. The number of nitrogens with zero attached hydrogens (tertiary/aromatic N) is 3. The van der Waals surface area contributed by atoms with Crippen LogP contribution in [0.25, 0.3) is 10.4 Å². The molecule has 0 aliphatic rings. The van der Waals surface area contributed by atoms with Crippen molar-refractivity contribution in [1.29, 1.82) is 0 Å². The van der Waals surface area contributed by atoms with Gasteiger partial charge in [0.1, 0.15) is 6.10 Å². The van der Waals surface area contributed by atoms with Crippen molar-refractivity contribution in [3.05, 3.63) is 79.2 Å². The van der Waals surface area contributed by atoms with Gasteiger partial charge in [-0.05, 0) is 56.8 Å². The van der Waals surface area contributed by atoms with Crippen LogP contribution >= 0.6 is 22.6 Å². The second kappa shape index (κ2) is 8.36. The molecule has 0 aliphatic heterocycles. The minimum Gasteiger partial charge on any atom is -0.454 e. The molecule has 0 heterocycles. The van der Waals surface area contributed by atoms with Gasteiger partial charge in [-0.2, -0.15) is 0 Å². The van der Waals surface area contributed by atoms with Crippen LogP contribution in [0, 0.1) is 3.57 Å². The molecule has 0 bridgehead atoms. The molecule has 130 valence electrons. The number of hydrogen-bond donors (Lipinski definition) is 0. The number of carbonyl (C=O) groups is 1. The van der Waals surface area contributed by atoms with Gasteiger partial charge in [0.25, 0.3) is 0 Å². The highest BCUT2D eigenvalue weighted by Gasteiger charge is 2.20. The number of hydrogen-bond acceptors (Lipinski definition) is 3. The van der Waals surface area contributed by atoms with Crippen LogP contribution in [0.3, 0.4) is 0 Å². The first-order valence-electron chi connectivity index (χ1n) is 7.89. The van der Waals surface area contributed by atoms with E-state index in [-0.39, 0.29) is 12.0 Å². The van der Waals surface area contributed by atoms with E-state index in [9.17, 15) is 4.79 Å². The fourth-order valence-corrected chi connectivity index (χ4v) is 2.95. The van der Waals surface area contributed by atoms with E-state index in [1.807, 2.05) is 36.4 Å². The van der Waals surface area contributed by atoms with Crippen molar-refractivity contribution in [2.24, 2.45) is 5.11 Å². The molecular weight excluding hydrogens is 429 g/mol. The van der Waals surface area contributed by atoms with Gasteiger partial charge in [-0.3, -0.25) is 0 Å². The summed E-state index contributed by atoms with van der Waals surface area (Å²) in [6.45, 7) is 6.46. The molecule has 25 heavy (non-hydrogen) atoms. The molecule has 2 rings (SSSR count). The molecule has 6 heteroatoms. The fourth-order valence-electron chi connectivity index (χ4n) is 2.34. The van der Waals surface area contributed by atoms with E-state index in [1.54, 1.807) is 12.1 Å². The quantitative estimate of drug-likeness (QED) is 0.190. The van der Waals surface area contributed by atoms with Gasteiger partial charge < -0.3 is 4.74 Å². The Morgan fingerprint density at radius 2 is 1.84 bits per heavy atom. The summed E-state index contributed by atoms with van der Waals surface area (Å²) in [5.74, 6) is -0.428. The highest BCUT2D eigenvalue weighted by Crippen LogP contribution is 2.26. The third-order valence-electron chi connectivity index (χ3n) is 3.80. The van der Waals surface area contributed by atoms with Gasteiger partial charge in [-0.15, -0.1) is 0 Å². The zero-order chi connectivity index (χ0) is 18.4. The number of halogens is 1. The SMILES string of the molecule is CC(C)(C)c1ccc(C(CN=[N+]=[N-])OC(=O)c2ccccc2I)cc1. The van der Waals surface area contributed by atoms with Crippen molar-refractivity contribution in [2.75, 3.05) is 6.54 Å². The molecule has 0 aliphatic carbocycles. The maximum Gasteiger partial charge on any atom is 0.339 e. The van der Waals surface area contributed by atoms with Crippen LogP contribution in [0.4, 0.5) is 0 Å². The maximum absolute atomic E-state index is 12.5. The van der Waals surface area contributed by atoms with Gasteiger partial charge in [-0.1, -0.05) is 62.3 Å². The van der Waals surface area contributed by atoms with Crippen LogP contribution in [0.15, 0.2) is 53.6 Å². The summed E-state index contributed by atoms with van der Waals surface area (Å²) < 4.78 is 6.44. The van der Waals surface area contributed by atoms with Gasteiger partial charge >= 0.3 is 5.97 Å². The molecule has 0 saturated heterocycles. The van der Waals surface area contributed by atoms with Crippen LogP contribution in [0.2, 0.25) is 0 Å². The molecule has 0 saturated carbocycles. The molecule has 5 nitrogen and oxygen atoms in total. The van der Waals surface area contributed by atoms with Gasteiger partial charge in [0.05, 0.1) is 12.1 Å². The molecule has 1 atom stereocenters. The fraction of sp³-hybridized carbons (Fsp3) is 0.316. The van der Waals surface area contributed by atoms with Crippen LogP contribution in [-0.2, 0) is 10.2 Å². The van der Waals surface area contributed by atoms with E-state index in [0.717, 1.165) is 9.13 Å². The second-order valence-electron chi connectivity index (χ2n) is 6.66. The van der Waals surface area contributed by atoms with Gasteiger partial charge in [0, 0.05) is 8.48 Å². The third kappa shape index (κ3) is 5.21. The molecule has 0 aromatic heterocycles. The first-order chi connectivity index (χ1) is 11.8. The number of carbonyl (C=O) groups excluding carboxylic acids is 1. The molecule has 2 aromatic rings. The summed E-state index contributed by atoms with van der Waals surface area (Å²) in [5.41, 5.74) is 11.2. The lowest BCUT2D eigenvalue weighted by atomic mass is 9.86. The highest BCUT2D eigenvalue weighted by molar-refractivity contribution is 14.1. The van der Waals surface area contributed by atoms with Gasteiger partial charge in [0.15, 0.2) is 0 Å². The zero-order valence-electron chi connectivity index (χ0n) is 14.4. The Morgan fingerprint density at radius 3 is 2.40 bits per heavy atom. The van der Waals surface area contributed by atoms with Crippen molar-refractivity contribution >= 4 is 28.6 Å². The molecule has 0 fully saturated rings. The number of benzene rings is 2. The van der Waals surface area contributed by atoms with Crippen molar-refractivity contribution in [3.63, 3.8) is 0 Å². The van der Waals surface area contributed by atoms with E-state index < -0.39 is 12.1 Å². The lowest BCUT2D eigenvalue weighted by molar-refractivity contribution is 0.0315. The number of rotatable bonds is 5. The van der Waals surface area contributed by atoms with E-state index in [1.165, 1.54) is 5.56 Å². The lowest BCUT2D eigenvalue weighted by Gasteiger charge is -2.21. The van der Waals surface area contributed by atoms with E-state index in [0.29, 0.717) is 5.56 Å². The Morgan fingerprint density at radius 1 is 1.20 bits per heavy atom. The topological polar surface area (TPSA) is 75.1 Å². The Kier molecular flexibility index (Phi) is 6.45. The monoisotopic (exact) mass is 449 g/mol. The van der Waals surface area contributed by atoms with Gasteiger partial charge in [0.2, 0.25) is 0 Å². The molecule has 1 unspecified atom stereocenters. The number of ether oxygens (including phenoxy) is 1. The van der Waals surface area contributed by atoms with Crippen LogP contribution in [-0.4, -0.2) is 12.5 Å². The largest absolute Gasteiger partial charge is 0.454 e. The minimum absolute atomic E-state index is 0.0374. The normalized spacial score (nSPS) is 12.2. The van der Waals surface area contributed by atoms with Crippen LogP contribution < -0.4 is 0 Å². The number of azide groups is 1. The van der Waals surface area contributed by atoms with Crippen LogP contribution in [0.5, 0.6) is 0 Å². The standard InChI is InChI=1S/C19H20IN3O2/c1-19(2,3)14-10-8-13(9-11-14)17(12-22-23-21)25-18(24)15-6-4-5-7-16(15)20/h4-11,17H,12H2,1-3H3. The summed E-state index contributed by atoms with van der Waals surface area (Å²) in [4.78, 5) is 15.3. The Hall–Kier alpha value is -2.05. The molecule has 0 amide bonds. The second-order valence-corrected chi connectivity index (χ2v) is 7.82. The molecule has 0 radical (unpaired) electrons. The van der Waals surface area contributed by atoms with E-state index in [4.69, 9.17) is 10.3 Å². The Bertz CT molecular complexity index is 791. The van der Waals surface area contributed by atoms with E-state index in [2.05, 4.69) is 53.4 Å². The molecule has 2 aromatic carbocycles. The van der Waals surface area contributed by atoms with Gasteiger partial charge in [-0.25, -0.2) is 4.79 Å². The van der Waals surface area contributed by atoms with Crippen molar-refractivity contribution in [2.45, 2.75) is 32.3 Å². The molecule has 0 N–H and O–H groups in total. The predicted molar refractivity (Wildman–Crippen MR) is 106 cm³/mol. The average Bonchev–Trinajstić information content (AvgIpc) is 2.58. The minimum atomic E-state index is -0.617. The zero-order valence-corrected chi connectivity index (χ0v) is 16.6. The number of esters is 1. The highest BCUT2D eigenvalue weighted by atomic mass is 127. The van der Waals surface area contributed by atoms with Crippen LogP contribution in [0.1, 0.15) is 48.4 Å².